The molecular weight excluding hydrogens is 620 g/mol. The molecule has 2 aromatic carbocycles. The molecule has 1 aliphatic rings. The van der Waals surface area contributed by atoms with E-state index in [9.17, 15) is 14.4 Å². The highest BCUT2D eigenvalue weighted by Gasteiger charge is 2.35. The van der Waals surface area contributed by atoms with Gasteiger partial charge in [-0.25, -0.2) is 14.6 Å². The van der Waals surface area contributed by atoms with Gasteiger partial charge in [-0.05, 0) is 76.2 Å². The monoisotopic (exact) mass is 650 g/mol. The Morgan fingerprint density at radius 1 is 1.09 bits per heavy atom. The minimum Gasteiger partial charge on any atom is -0.497 e. The number of halogens is 1. The molecule has 0 bridgehead atoms. The number of allylic oxidation sites excluding steroid dienone is 1. The fraction of sp³-hybridized carbons (Fsp3) is 0.273. The fourth-order valence-corrected chi connectivity index (χ4v) is 6.22. The standard InChI is InChI=1S/C33H31ClN2O8S/c1-7-42-32(39)28-18(4)35-33-36(29(28)24-15-20(40-5)9-12-25(24)41-6)30(37)27(45-33)16-21-10-13-26(44-21)23-14-19(34)8-11-22(23)31(38)43-17(2)3/h8-17,29H,7H2,1-6H3/b27-16+/t29-/m0/s1. The highest BCUT2D eigenvalue weighted by Crippen LogP contribution is 2.38. The van der Waals surface area contributed by atoms with Crippen LogP contribution in [0.5, 0.6) is 11.5 Å². The Labute approximate surface area is 267 Å². The zero-order chi connectivity index (χ0) is 32.4. The van der Waals surface area contributed by atoms with Crippen LogP contribution in [-0.2, 0) is 14.3 Å². The maximum absolute atomic E-state index is 14.1. The van der Waals surface area contributed by atoms with Crippen molar-refractivity contribution in [3.8, 4) is 22.8 Å². The Bertz CT molecular complexity index is 2000. The summed E-state index contributed by atoms with van der Waals surface area (Å²) in [7, 11) is 3.04. The van der Waals surface area contributed by atoms with E-state index in [0.29, 0.717) is 59.8 Å². The second-order valence-corrected chi connectivity index (χ2v) is 11.7. The van der Waals surface area contributed by atoms with Crippen molar-refractivity contribution in [2.24, 2.45) is 4.99 Å². The van der Waals surface area contributed by atoms with Gasteiger partial charge in [0.2, 0.25) is 0 Å². The van der Waals surface area contributed by atoms with Crippen molar-refractivity contribution in [1.29, 1.82) is 0 Å². The molecule has 5 rings (SSSR count). The van der Waals surface area contributed by atoms with Crippen LogP contribution in [0.1, 0.15) is 55.4 Å². The average molecular weight is 651 g/mol. The van der Waals surface area contributed by atoms with Gasteiger partial charge in [-0.3, -0.25) is 9.36 Å². The van der Waals surface area contributed by atoms with Crippen LogP contribution in [0.2, 0.25) is 5.02 Å². The average Bonchev–Trinajstić information content (AvgIpc) is 3.59. The highest BCUT2D eigenvalue weighted by atomic mass is 35.5. The predicted molar refractivity (Wildman–Crippen MR) is 170 cm³/mol. The van der Waals surface area contributed by atoms with E-state index >= 15 is 0 Å². The molecule has 0 fully saturated rings. The number of ether oxygens (including phenoxy) is 4. The number of furan rings is 1. The van der Waals surface area contributed by atoms with Crippen molar-refractivity contribution >= 4 is 41.0 Å². The van der Waals surface area contributed by atoms with Crippen molar-refractivity contribution in [2.45, 2.75) is 39.8 Å². The number of carbonyl (C=O) groups is 2. The van der Waals surface area contributed by atoms with Gasteiger partial charge in [0.1, 0.15) is 29.1 Å². The first-order valence-corrected chi connectivity index (χ1v) is 15.3. The lowest BCUT2D eigenvalue weighted by molar-refractivity contribution is -0.139. The zero-order valence-corrected chi connectivity index (χ0v) is 27.1. The third-order valence-electron chi connectivity index (χ3n) is 6.96. The summed E-state index contributed by atoms with van der Waals surface area (Å²) in [6.45, 7) is 7.09. The van der Waals surface area contributed by atoms with E-state index in [-0.39, 0.29) is 18.3 Å². The SMILES string of the molecule is CCOC(=O)C1=C(C)N=c2s/c(=C/c3ccc(-c4cc(Cl)ccc4C(=O)OC(C)C)o3)c(=O)n2[C@H]1c1cc(OC)ccc1OC. The molecule has 10 nitrogen and oxygen atoms in total. The van der Waals surface area contributed by atoms with Crippen LogP contribution >= 0.6 is 22.9 Å². The third-order valence-corrected chi connectivity index (χ3v) is 8.18. The molecule has 0 saturated heterocycles. The Hall–Kier alpha value is -4.61. The Balaban J connectivity index is 1.65. The van der Waals surface area contributed by atoms with Crippen LogP contribution in [0, 0.1) is 0 Å². The number of esters is 2. The molecule has 0 aliphatic carbocycles. The lowest BCUT2D eigenvalue weighted by Gasteiger charge is -2.26. The van der Waals surface area contributed by atoms with E-state index < -0.39 is 23.5 Å². The molecular formula is C33H31ClN2O8S. The largest absolute Gasteiger partial charge is 0.497 e. The number of hydrogen-bond acceptors (Lipinski definition) is 10. The lowest BCUT2D eigenvalue weighted by Crippen LogP contribution is -2.40. The Kier molecular flexibility index (Phi) is 9.31. The van der Waals surface area contributed by atoms with Crippen molar-refractivity contribution in [3.05, 3.63) is 101 Å². The number of fused-ring (bicyclic) bond motifs is 1. The quantitative estimate of drug-likeness (QED) is 0.224. The van der Waals surface area contributed by atoms with Gasteiger partial charge in [0.05, 0.1) is 48.3 Å². The predicted octanol–water partition coefficient (Wildman–Crippen LogP) is 5.29. The summed E-state index contributed by atoms with van der Waals surface area (Å²) in [5.41, 5.74) is 1.51. The summed E-state index contributed by atoms with van der Waals surface area (Å²) >= 11 is 7.40. The van der Waals surface area contributed by atoms with Gasteiger partial charge >= 0.3 is 11.9 Å². The number of carbonyl (C=O) groups excluding carboxylic acids is 2. The van der Waals surface area contributed by atoms with Gasteiger partial charge in [-0.15, -0.1) is 0 Å². The van der Waals surface area contributed by atoms with Crippen LogP contribution in [0.25, 0.3) is 17.4 Å². The molecule has 0 N–H and O–H groups in total. The molecule has 12 heteroatoms. The number of methoxy groups -OCH3 is 2. The molecule has 1 aliphatic heterocycles. The van der Waals surface area contributed by atoms with Gasteiger partial charge in [0.15, 0.2) is 4.80 Å². The first-order chi connectivity index (χ1) is 21.6. The minimum atomic E-state index is -0.902. The maximum Gasteiger partial charge on any atom is 0.339 e. The lowest BCUT2D eigenvalue weighted by atomic mass is 9.95. The molecule has 0 radical (unpaired) electrons. The third kappa shape index (κ3) is 6.31. The van der Waals surface area contributed by atoms with Gasteiger partial charge in [-0.2, -0.15) is 0 Å². The van der Waals surface area contributed by atoms with Crippen molar-refractivity contribution in [3.63, 3.8) is 0 Å². The van der Waals surface area contributed by atoms with Gasteiger partial charge in [0.25, 0.3) is 5.56 Å². The number of aromatic nitrogens is 1. The molecule has 0 spiro atoms. The van der Waals surface area contributed by atoms with Crippen LogP contribution in [0.15, 0.2) is 74.0 Å². The van der Waals surface area contributed by atoms with E-state index in [0.717, 1.165) is 11.3 Å². The number of benzene rings is 2. The van der Waals surface area contributed by atoms with E-state index in [2.05, 4.69) is 4.99 Å². The number of hydrogen-bond donors (Lipinski definition) is 0. The molecule has 0 saturated carbocycles. The molecule has 4 aromatic rings. The summed E-state index contributed by atoms with van der Waals surface area (Å²) in [6, 6.07) is 12.5. The summed E-state index contributed by atoms with van der Waals surface area (Å²) < 4.78 is 29.7. The van der Waals surface area contributed by atoms with Crippen molar-refractivity contribution < 1.29 is 33.0 Å². The minimum absolute atomic E-state index is 0.145. The molecule has 0 amide bonds. The van der Waals surface area contributed by atoms with Crippen molar-refractivity contribution in [2.75, 3.05) is 20.8 Å². The normalized spacial score (nSPS) is 14.7. The van der Waals surface area contributed by atoms with Crippen LogP contribution < -0.4 is 24.4 Å². The zero-order valence-electron chi connectivity index (χ0n) is 25.5. The molecule has 1 atom stereocenters. The van der Waals surface area contributed by atoms with E-state index in [4.69, 9.17) is 35.0 Å². The van der Waals surface area contributed by atoms with Gasteiger partial charge < -0.3 is 23.4 Å². The van der Waals surface area contributed by atoms with E-state index in [1.165, 1.54) is 18.8 Å². The van der Waals surface area contributed by atoms with Crippen LogP contribution in [0.3, 0.4) is 0 Å². The first-order valence-electron chi connectivity index (χ1n) is 14.1. The van der Waals surface area contributed by atoms with E-state index in [1.807, 2.05) is 0 Å². The summed E-state index contributed by atoms with van der Waals surface area (Å²) in [6.07, 6.45) is 1.28. The smallest absolute Gasteiger partial charge is 0.339 e. The van der Waals surface area contributed by atoms with Gasteiger partial charge in [-0.1, -0.05) is 22.9 Å². The molecule has 45 heavy (non-hydrogen) atoms. The first kappa shape index (κ1) is 31.8. The number of thiazole rings is 1. The molecule has 2 aromatic heterocycles. The summed E-state index contributed by atoms with van der Waals surface area (Å²) in [5.74, 6) is 0.597. The number of nitrogens with zero attached hydrogens (tertiary/aromatic N) is 2. The number of rotatable bonds is 9. The summed E-state index contributed by atoms with van der Waals surface area (Å²) in [5, 5.41) is 0.415. The topological polar surface area (TPSA) is 119 Å². The highest BCUT2D eigenvalue weighted by molar-refractivity contribution is 7.07. The molecule has 0 unspecified atom stereocenters. The van der Waals surface area contributed by atoms with Gasteiger partial charge in [0, 0.05) is 22.2 Å². The second kappa shape index (κ2) is 13.2. The van der Waals surface area contributed by atoms with Crippen LogP contribution in [-0.4, -0.2) is 43.4 Å². The maximum atomic E-state index is 14.1. The fourth-order valence-electron chi connectivity index (χ4n) is 5.02. The molecule has 234 valence electrons. The summed E-state index contributed by atoms with van der Waals surface area (Å²) in [4.78, 5) is 45.1. The molecule has 3 heterocycles. The van der Waals surface area contributed by atoms with Crippen LogP contribution in [0.4, 0.5) is 0 Å². The van der Waals surface area contributed by atoms with Crippen molar-refractivity contribution in [1.82, 2.24) is 4.57 Å². The van der Waals surface area contributed by atoms with E-state index in [1.54, 1.807) is 82.3 Å². The second-order valence-electron chi connectivity index (χ2n) is 10.3. The Morgan fingerprint density at radius 2 is 1.87 bits per heavy atom. The Morgan fingerprint density at radius 3 is 2.56 bits per heavy atom.